The van der Waals surface area contributed by atoms with Crippen molar-refractivity contribution >= 4 is 35.7 Å². The molecule has 0 bridgehead atoms. The van der Waals surface area contributed by atoms with Gasteiger partial charge in [0.1, 0.15) is 51.7 Å². The second-order valence-corrected chi connectivity index (χ2v) is 19.5. The summed E-state index contributed by atoms with van der Waals surface area (Å²) in [5.41, 5.74) is 0. The number of hydrogen-bond donors (Lipinski definition) is 0. The Hall–Kier alpha value is -8.95. The average molecular weight is 1250 g/mol. The Morgan fingerprint density at radius 2 is 0.267 bits per heavy atom. The maximum Gasteiger partial charge on any atom is 3.00 e. The van der Waals surface area contributed by atoms with E-state index in [1.165, 1.54) is 0 Å². The Morgan fingerprint density at radius 1 is 0.163 bits per heavy atom. The minimum Gasteiger partial charge on any atom is -0.409 e. The first-order valence-electron chi connectivity index (χ1n) is 26.4. The van der Waals surface area contributed by atoms with Gasteiger partial charge in [-0.2, -0.15) is 119 Å². The van der Waals surface area contributed by atoms with Crippen molar-refractivity contribution in [3.05, 3.63) is 382 Å². The Morgan fingerprint density at radius 3 is 0.349 bits per heavy atom. The van der Waals surface area contributed by atoms with Crippen LogP contribution in [-0.2, 0) is 16.5 Å². The molecule has 0 spiro atoms. The van der Waals surface area contributed by atoms with Gasteiger partial charge in [-0.3, -0.25) is 0 Å². The fourth-order valence-electron chi connectivity index (χ4n) is 6.30. The van der Waals surface area contributed by atoms with Crippen LogP contribution in [0.3, 0.4) is 0 Å². The summed E-state index contributed by atoms with van der Waals surface area (Å²) in [5.74, 6) is 6.38. The van der Waals surface area contributed by atoms with Gasteiger partial charge >= 0.3 is 42.3 Å². The summed E-state index contributed by atoms with van der Waals surface area (Å²) in [6, 6.07) is 123. The second-order valence-electron chi connectivity index (χ2n) is 16.5. The van der Waals surface area contributed by atoms with Crippen LogP contribution in [0, 0.1) is 18.2 Å². The Kier molecular flexibility index (Phi) is 34.4. The normalized spacial score (nSPS) is 9.52. The van der Waals surface area contributed by atoms with Gasteiger partial charge in [-0.1, -0.05) is 164 Å². The van der Waals surface area contributed by atoms with Crippen molar-refractivity contribution in [1.29, 1.82) is 0 Å². The van der Waals surface area contributed by atoms with Crippen LogP contribution in [0.4, 0.5) is 0 Å². The monoisotopic (exact) mass is 1250 g/mol. The topological polar surface area (TPSA) is 83.1 Å². The minimum atomic E-state index is -1.59. The van der Waals surface area contributed by atoms with Crippen molar-refractivity contribution in [2.45, 2.75) is 0 Å². The predicted molar refractivity (Wildman–Crippen MR) is 351 cm³/mol. The molecule has 0 aliphatic heterocycles. The zero-order valence-corrected chi connectivity index (χ0v) is 51.8. The van der Waals surface area contributed by atoms with Crippen molar-refractivity contribution in [1.82, 2.24) is 0 Å². The molecule has 0 saturated heterocycles. The molecule has 0 aliphatic rings. The zero-order chi connectivity index (χ0) is 57.8. The van der Waals surface area contributed by atoms with E-state index in [1.807, 2.05) is 364 Å². The van der Waals surface area contributed by atoms with Crippen LogP contribution in [0.25, 0.3) is 0 Å². The molecule has 0 N–H and O–H groups in total. The molecule has 1 unspecified atom stereocenters. The largest absolute Gasteiger partial charge is 3.00 e. The summed E-state index contributed by atoms with van der Waals surface area (Å²) in [4.78, 5) is 0. The molecule has 9 nitrogen and oxygen atoms in total. The summed E-state index contributed by atoms with van der Waals surface area (Å²) < 4.78 is 52.6. The average Bonchev–Trinajstić information content (AvgIpc) is 3.77. The molecule has 0 aromatic heterocycles. The van der Waals surface area contributed by atoms with E-state index < -0.39 is 25.8 Å². The van der Waals surface area contributed by atoms with E-state index in [4.69, 9.17) is 40.7 Å². The predicted octanol–water partition coefficient (Wildman–Crippen LogP) is 20.9. The van der Waals surface area contributed by atoms with Gasteiger partial charge in [-0.15, -0.1) is 0 Å². The molecule has 12 aromatic carbocycles. The second kappa shape index (κ2) is 43.7. The van der Waals surface area contributed by atoms with Crippen molar-refractivity contribution in [3.63, 3.8) is 0 Å². The third-order valence-electron chi connectivity index (χ3n) is 10.1. The zero-order valence-electron chi connectivity index (χ0n) is 46.7. The van der Waals surface area contributed by atoms with Crippen molar-refractivity contribution < 1.29 is 57.2 Å². The molecule has 0 saturated carbocycles. The van der Waals surface area contributed by atoms with Crippen LogP contribution in [-0.4, -0.2) is 0 Å². The number of rotatable bonds is 18. The van der Waals surface area contributed by atoms with E-state index in [1.54, 1.807) is 0 Å². The van der Waals surface area contributed by atoms with Crippen LogP contribution in [0.2, 0.25) is 0 Å². The molecule has 0 aliphatic carbocycles. The molecule has 1 radical (unpaired) electrons. The molecule has 0 heterocycles. The van der Waals surface area contributed by atoms with Gasteiger partial charge in [0.05, 0.1) is 0 Å². The fraction of sp³-hybridized carbons (Fsp3) is 0. The van der Waals surface area contributed by atoms with Crippen LogP contribution in [0.5, 0.6) is 51.7 Å². The fourth-order valence-corrected chi connectivity index (χ4v) is 9.28. The molecule has 12 rings (SSSR count). The first-order chi connectivity index (χ1) is 41.7. The van der Waals surface area contributed by atoms with E-state index in [0.29, 0.717) is 51.7 Å². The maximum atomic E-state index is 5.84. The maximum absolute atomic E-state index is 5.84. The van der Waals surface area contributed by atoms with Gasteiger partial charge in [-0.25, -0.2) is 0 Å². The standard InChI is InChI=1S/3C18H15O3P.3C6H5.Ni.H3P/c3*1-4-10-16(11-5-1)19-22(20-17-12-6-2-7-13-17)21-18-14-8-3-9-15-18;3*1-2-4-6-5-3-1;;/h3*1-15H;3*1-5H;;1H3/q;;;3*-1;+3;. The molecule has 86 heavy (non-hydrogen) atoms. The molecule has 0 fully saturated rings. The molecule has 1 atom stereocenters. The number of para-hydroxylation sites is 9. The van der Waals surface area contributed by atoms with E-state index >= 15 is 0 Å². The van der Waals surface area contributed by atoms with Gasteiger partial charge in [0.2, 0.25) is 0 Å². The first kappa shape index (κ1) is 67.8. The van der Waals surface area contributed by atoms with E-state index in [-0.39, 0.29) is 26.4 Å². The number of hydrogen-bond acceptors (Lipinski definition) is 9. The molecular formula is C72H63NiO9P4. The van der Waals surface area contributed by atoms with Gasteiger partial charge in [-0.05, 0) is 109 Å². The molecule has 0 amide bonds. The van der Waals surface area contributed by atoms with Crippen molar-refractivity contribution in [2.75, 3.05) is 0 Å². The van der Waals surface area contributed by atoms with Gasteiger partial charge < -0.3 is 40.7 Å². The van der Waals surface area contributed by atoms with Gasteiger partial charge in [0, 0.05) is 0 Å². The third-order valence-corrected chi connectivity index (χ3v) is 13.4. The summed E-state index contributed by atoms with van der Waals surface area (Å²) in [6.45, 7) is 0. The van der Waals surface area contributed by atoms with Crippen LogP contribution in [0.1, 0.15) is 0 Å². The van der Waals surface area contributed by atoms with Gasteiger partial charge in [0.25, 0.3) is 0 Å². The van der Waals surface area contributed by atoms with E-state index in [2.05, 4.69) is 18.2 Å². The van der Waals surface area contributed by atoms with Crippen molar-refractivity contribution in [3.8, 4) is 51.7 Å². The first-order valence-corrected chi connectivity index (χ1v) is 29.7. The van der Waals surface area contributed by atoms with E-state index in [0.717, 1.165) is 0 Å². The molecule has 14 heteroatoms. The third kappa shape index (κ3) is 30.0. The minimum absolute atomic E-state index is 0. The Balaban J connectivity index is 0.000000202. The van der Waals surface area contributed by atoms with Crippen LogP contribution in [0.15, 0.2) is 364 Å². The molecule has 435 valence electrons. The summed E-state index contributed by atoms with van der Waals surface area (Å²) >= 11 is 0. The Bertz CT molecular complexity index is 2670. The summed E-state index contributed by atoms with van der Waals surface area (Å²) in [7, 11) is -4.77. The number of benzene rings is 12. The van der Waals surface area contributed by atoms with Crippen LogP contribution >= 0.6 is 35.7 Å². The molecular weight excluding hydrogens is 1190 g/mol. The Labute approximate surface area is 523 Å². The molecule has 12 aromatic rings. The summed E-state index contributed by atoms with van der Waals surface area (Å²) in [5, 5.41) is 0. The van der Waals surface area contributed by atoms with Crippen LogP contribution < -0.4 is 40.7 Å². The quantitative estimate of drug-likeness (QED) is 0.0474. The van der Waals surface area contributed by atoms with Crippen molar-refractivity contribution in [2.24, 2.45) is 0 Å². The van der Waals surface area contributed by atoms with Gasteiger partial charge in [0.15, 0.2) is 0 Å². The SMILES string of the molecule is P.[Ni+3].[c-]1ccccc1.[c-]1ccccc1.[c-]1ccccc1.c1ccc(OP(Oc2ccccc2)Oc2ccccc2)cc1.c1ccc(OP(Oc2ccccc2)Oc2ccccc2)cc1.c1ccc(OP(Oc2ccccc2)Oc2ccccc2)cc1. The summed E-state index contributed by atoms with van der Waals surface area (Å²) in [6.07, 6.45) is 0. The smallest absolute Gasteiger partial charge is 0.409 e. The van der Waals surface area contributed by atoms with E-state index in [9.17, 15) is 0 Å².